The lowest BCUT2D eigenvalue weighted by Crippen LogP contribution is -2.35. The number of fused-ring (bicyclic) bond motifs is 1. The van der Waals surface area contributed by atoms with Gasteiger partial charge in [-0.25, -0.2) is 13.2 Å². The molecule has 1 atom stereocenters. The number of hydrogen-bond acceptors (Lipinski definition) is 7. The molecule has 1 aliphatic heterocycles. The molecule has 1 amide bonds. The second-order valence-electron chi connectivity index (χ2n) is 6.25. The number of rotatable bonds is 6. The summed E-state index contributed by atoms with van der Waals surface area (Å²) in [6.07, 6.45) is -0.00712. The quantitative estimate of drug-likeness (QED) is 0.729. The van der Waals surface area contributed by atoms with Crippen LogP contribution in [0.5, 0.6) is 11.5 Å². The van der Waals surface area contributed by atoms with E-state index in [4.69, 9.17) is 14.2 Å². The normalized spacial score (nSPS) is 13.6. The maximum atomic E-state index is 12.2. The summed E-state index contributed by atoms with van der Waals surface area (Å²) < 4.78 is 38.8. The largest absolute Gasteiger partial charge is 0.454 e. The molecule has 2 aromatic rings. The van der Waals surface area contributed by atoms with Gasteiger partial charge >= 0.3 is 5.97 Å². The number of carbonyl (C=O) groups is 2. The van der Waals surface area contributed by atoms with Crippen molar-refractivity contribution in [3.8, 4) is 11.5 Å². The Labute approximate surface area is 162 Å². The van der Waals surface area contributed by atoms with Crippen molar-refractivity contribution in [3.63, 3.8) is 0 Å². The zero-order chi connectivity index (χ0) is 20.3. The topological polar surface area (TPSA) is 108 Å². The van der Waals surface area contributed by atoms with Crippen LogP contribution in [0.4, 0.5) is 0 Å². The molecule has 0 spiro atoms. The van der Waals surface area contributed by atoms with Gasteiger partial charge in [-0.15, -0.1) is 0 Å². The maximum absolute atomic E-state index is 12.2. The van der Waals surface area contributed by atoms with Crippen LogP contribution in [0.15, 0.2) is 47.4 Å². The Kier molecular flexibility index (Phi) is 5.55. The lowest BCUT2D eigenvalue weighted by molar-refractivity contribution is -0.129. The molecular formula is C19H19NO7S. The Morgan fingerprint density at radius 3 is 2.64 bits per heavy atom. The highest BCUT2D eigenvalue weighted by Crippen LogP contribution is 2.32. The minimum Gasteiger partial charge on any atom is -0.454 e. The fraction of sp³-hybridized carbons (Fsp3) is 0.263. The van der Waals surface area contributed by atoms with E-state index in [9.17, 15) is 18.0 Å². The molecule has 0 aromatic heterocycles. The van der Waals surface area contributed by atoms with Crippen molar-refractivity contribution in [1.29, 1.82) is 0 Å². The van der Waals surface area contributed by atoms with E-state index < -0.39 is 27.8 Å². The molecule has 0 saturated carbocycles. The molecule has 2 aromatic carbocycles. The lowest BCUT2D eigenvalue weighted by atomic mass is 10.2. The Morgan fingerprint density at radius 1 is 1.14 bits per heavy atom. The molecule has 9 heteroatoms. The molecule has 0 radical (unpaired) electrons. The van der Waals surface area contributed by atoms with Gasteiger partial charge in [-0.1, -0.05) is 12.1 Å². The van der Waals surface area contributed by atoms with Crippen LogP contribution in [0, 0.1) is 0 Å². The first-order valence-electron chi connectivity index (χ1n) is 8.41. The van der Waals surface area contributed by atoms with Gasteiger partial charge in [0.05, 0.1) is 10.5 Å². The molecule has 0 unspecified atom stereocenters. The molecule has 28 heavy (non-hydrogen) atoms. The summed E-state index contributed by atoms with van der Waals surface area (Å²) in [4.78, 5) is 24.4. The van der Waals surface area contributed by atoms with Gasteiger partial charge in [0.2, 0.25) is 6.79 Å². The summed E-state index contributed by atoms with van der Waals surface area (Å²) in [5.41, 5.74) is 0.857. The van der Waals surface area contributed by atoms with Gasteiger partial charge in [0, 0.05) is 12.8 Å². The van der Waals surface area contributed by atoms with Gasteiger partial charge in [0.25, 0.3) is 5.91 Å². The zero-order valence-electron chi connectivity index (χ0n) is 15.3. The summed E-state index contributed by atoms with van der Waals surface area (Å²) in [5.74, 6) is -0.00723. The van der Waals surface area contributed by atoms with Crippen molar-refractivity contribution in [3.05, 3.63) is 53.6 Å². The second-order valence-corrected chi connectivity index (χ2v) is 8.27. The van der Waals surface area contributed by atoms with Crippen LogP contribution in [0.3, 0.4) is 0 Å². The van der Waals surface area contributed by atoms with Crippen molar-refractivity contribution in [2.45, 2.75) is 24.5 Å². The monoisotopic (exact) mass is 405 g/mol. The van der Waals surface area contributed by atoms with Crippen LogP contribution in [-0.2, 0) is 25.9 Å². The Bertz CT molecular complexity index is 1020. The van der Waals surface area contributed by atoms with E-state index in [-0.39, 0.29) is 23.8 Å². The average Bonchev–Trinajstić information content (AvgIpc) is 3.13. The molecular weight excluding hydrogens is 386 g/mol. The van der Waals surface area contributed by atoms with Crippen molar-refractivity contribution in [2.75, 3.05) is 13.0 Å². The number of amides is 1. The minimum atomic E-state index is -3.45. The number of carbonyl (C=O) groups excluding carboxylic acids is 2. The summed E-state index contributed by atoms with van der Waals surface area (Å²) in [5, 5.41) is 2.67. The Morgan fingerprint density at radius 2 is 1.89 bits per heavy atom. The van der Waals surface area contributed by atoms with Crippen molar-refractivity contribution in [2.24, 2.45) is 0 Å². The third-order valence-corrected chi connectivity index (χ3v) is 5.16. The van der Waals surface area contributed by atoms with Crippen LogP contribution in [-0.4, -0.2) is 39.4 Å². The first-order chi connectivity index (χ1) is 13.2. The molecule has 0 fully saturated rings. The Balaban J connectivity index is 1.57. The van der Waals surface area contributed by atoms with E-state index in [1.807, 2.05) is 0 Å². The zero-order valence-corrected chi connectivity index (χ0v) is 16.1. The van der Waals surface area contributed by atoms with Gasteiger partial charge in [0.15, 0.2) is 27.4 Å². The summed E-state index contributed by atoms with van der Waals surface area (Å²) in [6.45, 7) is 1.83. The summed E-state index contributed by atoms with van der Waals surface area (Å²) in [6, 6.07) is 10.8. The van der Waals surface area contributed by atoms with Crippen LogP contribution >= 0.6 is 0 Å². The van der Waals surface area contributed by atoms with E-state index in [1.165, 1.54) is 31.2 Å². The van der Waals surface area contributed by atoms with E-state index in [2.05, 4.69) is 5.32 Å². The fourth-order valence-electron chi connectivity index (χ4n) is 2.52. The highest BCUT2D eigenvalue weighted by atomic mass is 32.2. The van der Waals surface area contributed by atoms with E-state index in [0.29, 0.717) is 11.5 Å². The number of sulfone groups is 1. The third-order valence-electron chi connectivity index (χ3n) is 4.05. The number of benzene rings is 2. The predicted octanol–water partition coefficient (Wildman–Crippen LogP) is 1.68. The fourth-order valence-corrected chi connectivity index (χ4v) is 3.19. The highest BCUT2D eigenvalue weighted by molar-refractivity contribution is 7.90. The first kappa shape index (κ1) is 19.7. The van der Waals surface area contributed by atoms with Crippen molar-refractivity contribution < 1.29 is 32.2 Å². The smallest absolute Gasteiger partial charge is 0.338 e. The third kappa shape index (κ3) is 4.61. The summed E-state index contributed by atoms with van der Waals surface area (Å²) in [7, 11) is -3.45. The van der Waals surface area contributed by atoms with Crippen molar-refractivity contribution in [1.82, 2.24) is 5.32 Å². The number of hydrogen-bond donors (Lipinski definition) is 1. The first-order valence-corrected chi connectivity index (χ1v) is 10.3. The second kappa shape index (κ2) is 7.89. The molecule has 148 valence electrons. The molecule has 1 heterocycles. The van der Waals surface area contributed by atoms with E-state index in [1.54, 1.807) is 18.2 Å². The molecule has 1 aliphatic rings. The van der Waals surface area contributed by atoms with Crippen LogP contribution < -0.4 is 14.8 Å². The van der Waals surface area contributed by atoms with E-state index >= 15 is 0 Å². The molecule has 0 aliphatic carbocycles. The van der Waals surface area contributed by atoms with Gasteiger partial charge in [-0.05, 0) is 42.8 Å². The summed E-state index contributed by atoms with van der Waals surface area (Å²) >= 11 is 0. The Hall–Kier alpha value is -3.07. The van der Waals surface area contributed by atoms with Crippen LogP contribution in [0.2, 0.25) is 0 Å². The van der Waals surface area contributed by atoms with Crippen LogP contribution in [0.25, 0.3) is 0 Å². The number of ether oxygens (including phenoxy) is 3. The van der Waals surface area contributed by atoms with Gasteiger partial charge in [-0.2, -0.15) is 0 Å². The standard InChI is InChI=1S/C19H19NO7S/c1-12(27-19(22)14-4-3-5-15(9-14)28(2,23)24)18(21)20-10-13-6-7-16-17(8-13)26-11-25-16/h3-9,12H,10-11H2,1-2H3,(H,20,21)/t12-/m0/s1. The van der Waals surface area contributed by atoms with Gasteiger partial charge in [-0.3, -0.25) is 4.79 Å². The highest BCUT2D eigenvalue weighted by Gasteiger charge is 2.20. The average molecular weight is 405 g/mol. The SMILES string of the molecule is C[C@H](OC(=O)c1cccc(S(C)(=O)=O)c1)C(=O)NCc1ccc2c(c1)OCO2. The van der Waals surface area contributed by atoms with Crippen LogP contribution in [0.1, 0.15) is 22.8 Å². The molecule has 1 N–H and O–H groups in total. The number of esters is 1. The molecule has 0 saturated heterocycles. The van der Waals surface area contributed by atoms with Gasteiger partial charge in [0.1, 0.15) is 0 Å². The van der Waals surface area contributed by atoms with Gasteiger partial charge < -0.3 is 19.5 Å². The molecule has 8 nitrogen and oxygen atoms in total. The molecule has 0 bridgehead atoms. The lowest BCUT2D eigenvalue weighted by Gasteiger charge is -2.14. The van der Waals surface area contributed by atoms with Crippen molar-refractivity contribution >= 4 is 21.7 Å². The molecule has 3 rings (SSSR count). The maximum Gasteiger partial charge on any atom is 0.338 e. The predicted molar refractivity (Wildman–Crippen MR) is 98.8 cm³/mol. The number of nitrogens with one attached hydrogen (secondary N) is 1. The minimum absolute atomic E-state index is 0.00172. The van der Waals surface area contributed by atoms with E-state index in [0.717, 1.165) is 11.8 Å².